The summed E-state index contributed by atoms with van der Waals surface area (Å²) in [4.78, 5) is 0. The molecule has 0 aliphatic heterocycles. The average molecular weight is 439 g/mol. The highest BCUT2D eigenvalue weighted by atomic mass is 16.3. The molecular formula is C30H46O2. The van der Waals surface area contributed by atoms with E-state index < -0.39 is 12.2 Å². The Hall–Kier alpha value is -1.64. The van der Waals surface area contributed by atoms with Crippen LogP contribution in [-0.2, 0) is 21.7 Å². The summed E-state index contributed by atoms with van der Waals surface area (Å²) in [6, 6.07) is 12.7. The first-order valence-electron chi connectivity index (χ1n) is 11.9. The third-order valence-electron chi connectivity index (χ3n) is 6.36. The van der Waals surface area contributed by atoms with Gasteiger partial charge in [-0.2, -0.15) is 0 Å². The lowest BCUT2D eigenvalue weighted by atomic mass is 9.77. The minimum atomic E-state index is -0.999. The van der Waals surface area contributed by atoms with Crippen LogP contribution in [0.5, 0.6) is 0 Å². The van der Waals surface area contributed by atoms with Crippen LogP contribution in [0.2, 0.25) is 0 Å². The molecule has 2 rings (SSSR count). The molecule has 0 heterocycles. The number of benzene rings is 2. The summed E-state index contributed by atoms with van der Waals surface area (Å²) in [5.74, 6) is 0. The quantitative estimate of drug-likeness (QED) is 0.517. The molecule has 178 valence electrons. The van der Waals surface area contributed by atoms with Gasteiger partial charge in [0.1, 0.15) is 12.2 Å². The smallest absolute Gasteiger partial charge is 0.109 e. The third-order valence-corrected chi connectivity index (χ3v) is 6.36. The largest absolute Gasteiger partial charge is 0.385 e. The molecule has 32 heavy (non-hydrogen) atoms. The van der Waals surface area contributed by atoms with Gasteiger partial charge < -0.3 is 10.2 Å². The van der Waals surface area contributed by atoms with Crippen LogP contribution in [-0.4, -0.2) is 10.2 Å². The molecule has 0 spiro atoms. The van der Waals surface area contributed by atoms with E-state index in [4.69, 9.17) is 0 Å². The summed E-state index contributed by atoms with van der Waals surface area (Å²) < 4.78 is 0. The van der Waals surface area contributed by atoms with Crippen molar-refractivity contribution in [2.24, 2.45) is 0 Å². The van der Waals surface area contributed by atoms with E-state index in [0.717, 1.165) is 11.1 Å². The van der Waals surface area contributed by atoms with Crippen molar-refractivity contribution < 1.29 is 10.2 Å². The van der Waals surface area contributed by atoms with Crippen molar-refractivity contribution in [2.75, 3.05) is 0 Å². The van der Waals surface area contributed by atoms with Gasteiger partial charge in [0.05, 0.1) is 0 Å². The molecule has 2 aromatic carbocycles. The van der Waals surface area contributed by atoms with E-state index in [1.54, 1.807) is 0 Å². The molecule has 0 saturated heterocycles. The molecule has 0 radical (unpaired) electrons. The minimum absolute atomic E-state index is 0.0494. The SMILES string of the molecule is CC(C)(C)c1cc([C@H](O)[C@@H](O)c2cc(C(C)(C)C)cc(C(C)(C)C)c2)cc(C(C)(C)C)c1. The van der Waals surface area contributed by atoms with Crippen molar-refractivity contribution in [3.63, 3.8) is 0 Å². The van der Waals surface area contributed by atoms with E-state index in [1.807, 2.05) is 0 Å². The maximum atomic E-state index is 11.4. The van der Waals surface area contributed by atoms with Gasteiger partial charge in [-0.3, -0.25) is 0 Å². The normalized spacial score (nSPS) is 15.6. The van der Waals surface area contributed by atoms with Crippen LogP contribution >= 0.6 is 0 Å². The maximum Gasteiger partial charge on any atom is 0.109 e. The number of rotatable bonds is 3. The third kappa shape index (κ3) is 6.23. The first kappa shape index (κ1) is 26.6. The molecule has 2 N–H and O–H groups in total. The van der Waals surface area contributed by atoms with E-state index in [9.17, 15) is 10.2 Å². The van der Waals surface area contributed by atoms with Crippen LogP contribution in [0, 0.1) is 0 Å². The van der Waals surface area contributed by atoms with Gasteiger partial charge in [0.2, 0.25) is 0 Å². The molecule has 0 aromatic heterocycles. The molecule has 0 amide bonds. The Bertz CT molecular complexity index is 797. The summed E-state index contributed by atoms with van der Waals surface area (Å²) in [6.07, 6.45) is -2.00. The zero-order valence-electron chi connectivity index (χ0n) is 22.5. The zero-order chi connectivity index (χ0) is 24.9. The molecular weight excluding hydrogens is 392 g/mol. The van der Waals surface area contributed by atoms with Gasteiger partial charge in [-0.15, -0.1) is 0 Å². The Morgan fingerprint density at radius 3 is 0.750 bits per heavy atom. The van der Waals surface area contributed by atoms with Crippen molar-refractivity contribution >= 4 is 0 Å². The average Bonchev–Trinajstić information content (AvgIpc) is 2.63. The minimum Gasteiger partial charge on any atom is -0.385 e. The van der Waals surface area contributed by atoms with Gasteiger partial charge >= 0.3 is 0 Å². The lowest BCUT2D eigenvalue weighted by molar-refractivity contribution is 0.0169. The number of aliphatic hydroxyl groups excluding tert-OH is 2. The van der Waals surface area contributed by atoms with E-state index in [2.05, 4.69) is 119 Å². The number of hydrogen-bond donors (Lipinski definition) is 2. The highest BCUT2D eigenvalue weighted by Gasteiger charge is 2.28. The summed E-state index contributed by atoms with van der Waals surface area (Å²) in [7, 11) is 0. The van der Waals surface area contributed by atoms with Crippen molar-refractivity contribution in [2.45, 2.75) is 117 Å². The highest BCUT2D eigenvalue weighted by molar-refractivity contribution is 5.42. The molecule has 0 bridgehead atoms. The van der Waals surface area contributed by atoms with Gasteiger partial charge in [0, 0.05) is 0 Å². The predicted molar refractivity (Wildman–Crippen MR) is 138 cm³/mol. The monoisotopic (exact) mass is 438 g/mol. The predicted octanol–water partition coefficient (Wildman–Crippen LogP) is 7.64. The molecule has 0 fully saturated rings. The molecule has 0 aliphatic carbocycles. The van der Waals surface area contributed by atoms with E-state index in [-0.39, 0.29) is 21.7 Å². The topological polar surface area (TPSA) is 40.5 Å². The first-order valence-corrected chi connectivity index (χ1v) is 11.9. The second kappa shape index (κ2) is 8.61. The molecule has 2 nitrogen and oxygen atoms in total. The second-order valence-electron chi connectivity index (χ2n) is 13.6. The van der Waals surface area contributed by atoms with Crippen LogP contribution in [0.25, 0.3) is 0 Å². The Morgan fingerprint density at radius 2 is 0.594 bits per heavy atom. The van der Waals surface area contributed by atoms with Gasteiger partial charge in [-0.05, 0) is 55.0 Å². The molecule has 0 aliphatic rings. The van der Waals surface area contributed by atoms with Gasteiger partial charge in [-0.25, -0.2) is 0 Å². The zero-order valence-corrected chi connectivity index (χ0v) is 22.5. The van der Waals surface area contributed by atoms with Gasteiger partial charge in [0.25, 0.3) is 0 Å². The van der Waals surface area contributed by atoms with Gasteiger partial charge in [0.15, 0.2) is 0 Å². The Balaban J connectivity index is 2.63. The second-order valence-corrected chi connectivity index (χ2v) is 13.6. The first-order chi connectivity index (χ1) is 14.2. The van der Waals surface area contributed by atoms with Crippen LogP contribution in [0.1, 0.15) is 129 Å². The lowest BCUT2D eigenvalue weighted by Crippen LogP contribution is -2.21. The summed E-state index contributed by atoms with van der Waals surface area (Å²) in [6.45, 7) is 26.2. The fourth-order valence-electron chi connectivity index (χ4n) is 3.74. The van der Waals surface area contributed by atoms with E-state index in [1.165, 1.54) is 22.3 Å². The van der Waals surface area contributed by atoms with Gasteiger partial charge in [-0.1, -0.05) is 119 Å². The maximum absolute atomic E-state index is 11.4. The molecule has 0 saturated carbocycles. The standard InChI is InChI=1S/C30H46O2/c1-27(2,3)21-13-19(14-22(17-21)28(4,5)6)25(31)26(32)20-15-23(29(7,8)9)18-24(16-20)30(10,11)12/h13-18,25-26,31-32H,1-12H3/t25-,26-/m0/s1. The molecule has 0 unspecified atom stereocenters. The van der Waals surface area contributed by atoms with Crippen molar-refractivity contribution in [3.8, 4) is 0 Å². The van der Waals surface area contributed by atoms with Crippen molar-refractivity contribution in [1.82, 2.24) is 0 Å². The summed E-state index contributed by atoms with van der Waals surface area (Å²) in [5, 5.41) is 22.7. The van der Waals surface area contributed by atoms with Crippen LogP contribution in [0.15, 0.2) is 36.4 Å². The number of hydrogen-bond acceptors (Lipinski definition) is 2. The fourth-order valence-corrected chi connectivity index (χ4v) is 3.74. The Labute approximate surface area is 197 Å². The van der Waals surface area contributed by atoms with E-state index >= 15 is 0 Å². The number of aliphatic hydroxyl groups is 2. The molecule has 2 aromatic rings. The van der Waals surface area contributed by atoms with Crippen molar-refractivity contribution in [1.29, 1.82) is 0 Å². The van der Waals surface area contributed by atoms with Crippen LogP contribution in [0.4, 0.5) is 0 Å². The lowest BCUT2D eigenvalue weighted by Gasteiger charge is -2.30. The fraction of sp³-hybridized carbons (Fsp3) is 0.600. The Morgan fingerprint density at radius 1 is 0.406 bits per heavy atom. The van der Waals surface area contributed by atoms with Crippen LogP contribution < -0.4 is 0 Å². The Kier molecular flexibility index (Phi) is 7.16. The van der Waals surface area contributed by atoms with Crippen molar-refractivity contribution in [3.05, 3.63) is 69.8 Å². The highest BCUT2D eigenvalue weighted by Crippen LogP contribution is 2.38. The molecule has 2 heteroatoms. The summed E-state index contributed by atoms with van der Waals surface area (Å²) in [5.41, 5.74) is 6.03. The van der Waals surface area contributed by atoms with E-state index in [0.29, 0.717) is 0 Å². The van der Waals surface area contributed by atoms with Crippen LogP contribution in [0.3, 0.4) is 0 Å². The molecule has 2 atom stereocenters. The summed E-state index contributed by atoms with van der Waals surface area (Å²) >= 11 is 0.